The first-order chi connectivity index (χ1) is 18.0. The zero-order chi connectivity index (χ0) is 27.5. The van der Waals surface area contributed by atoms with Crippen molar-refractivity contribution in [1.82, 2.24) is 9.80 Å². The molecule has 1 spiro atoms. The molecule has 1 amide bonds. The van der Waals surface area contributed by atoms with Gasteiger partial charge in [-0.2, -0.15) is 13.2 Å². The standard InChI is InChI=1S/C27H29Cl2F3N2O4/c1-2-37-22-6-4-3-5-19(22)16-33-12-9-26(10-13-33)11-14-34(17-23(26)38-25(36)27(30,31)32)24(35)18-7-8-20(28)21(29)15-18/h3-8,15,23H,2,9-14,16-17H2,1H3. The number of esters is 1. The van der Waals surface area contributed by atoms with Gasteiger partial charge in [0.2, 0.25) is 0 Å². The minimum absolute atomic E-state index is 0.131. The van der Waals surface area contributed by atoms with E-state index in [0.29, 0.717) is 52.0 Å². The van der Waals surface area contributed by atoms with E-state index >= 15 is 0 Å². The first kappa shape index (κ1) is 28.5. The number of piperidine rings is 2. The molecule has 0 bridgehead atoms. The van der Waals surface area contributed by atoms with E-state index in [1.165, 1.54) is 23.1 Å². The lowest BCUT2D eigenvalue weighted by atomic mass is 9.69. The summed E-state index contributed by atoms with van der Waals surface area (Å²) in [4.78, 5) is 28.7. The number of ether oxygens (including phenoxy) is 2. The second-order valence-electron chi connectivity index (χ2n) is 9.70. The fraction of sp³-hybridized carbons (Fsp3) is 0.481. The van der Waals surface area contributed by atoms with E-state index in [4.69, 9.17) is 32.7 Å². The maximum Gasteiger partial charge on any atom is 0.490 e. The van der Waals surface area contributed by atoms with Gasteiger partial charge in [0.15, 0.2) is 0 Å². The summed E-state index contributed by atoms with van der Waals surface area (Å²) in [6.45, 7) is 4.52. The van der Waals surface area contributed by atoms with Gasteiger partial charge in [0.1, 0.15) is 11.9 Å². The molecule has 2 saturated heterocycles. The van der Waals surface area contributed by atoms with Crippen LogP contribution >= 0.6 is 23.2 Å². The number of hydrogen-bond acceptors (Lipinski definition) is 5. The van der Waals surface area contributed by atoms with Crippen LogP contribution in [0.15, 0.2) is 42.5 Å². The molecule has 0 saturated carbocycles. The van der Waals surface area contributed by atoms with Crippen LogP contribution in [0.25, 0.3) is 0 Å². The number of nitrogens with zero attached hydrogens (tertiary/aromatic N) is 2. The van der Waals surface area contributed by atoms with Crippen LogP contribution in [0.5, 0.6) is 5.75 Å². The number of alkyl halides is 3. The zero-order valence-electron chi connectivity index (χ0n) is 20.9. The molecule has 206 valence electrons. The quantitative estimate of drug-likeness (QED) is 0.398. The van der Waals surface area contributed by atoms with Gasteiger partial charge < -0.3 is 14.4 Å². The third kappa shape index (κ3) is 6.38. The van der Waals surface area contributed by atoms with E-state index in [-0.39, 0.29) is 22.2 Å². The molecule has 2 fully saturated rings. The number of hydrogen-bond donors (Lipinski definition) is 0. The summed E-state index contributed by atoms with van der Waals surface area (Å²) in [5.74, 6) is -1.84. The summed E-state index contributed by atoms with van der Waals surface area (Å²) in [6.07, 6.45) is -4.72. The van der Waals surface area contributed by atoms with E-state index < -0.39 is 29.6 Å². The number of benzene rings is 2. The number of carbonyl (C=O) groups is 2. The Morgan fingerprint density at radius 2 is 1.71 bits per heavy atom. The van der Waals surface area contributed by atoms with Crippen LogP contribution in [0.4, 0.5) is 13.2 Å². The molecule has 2 aromatic carbocycles. The summed E-state index contributed by atoms with van der Waals surface area (Å²) in [5, 5.41) is 0.484. The molecule has 0 radical (unpaired) electrons. The fourth-order valence-corrected chi connectivity index (χ4v) is 5.56. The Balaban J connectivity index is 1.49. The van der Waals surface area contributed by atoms with Crippen molar-refractivity contribution in [3.05, 3.63) is 63.6 Å². The van der Waals surface area contributed by atoms with E-state index in [1.807, 2.05) is 31.2 Å². The summed E-state index contributed by atoms with van der Waals surface area (Å²) in [7, 11) is 0. The third-order valence-electron chi connectivity index (χ3n) is 7.40. The van der Waals surface area contributed by atoms with Crippen molar-refractivity contribution in [2.75, 3.05) is 32.8 Å². The highest BCUT2D eigenvalue weighted by Crippen LogP contribution is 2.44. The van der Waals surface area contributed by atoms with Crippen LogP contribution in [0.3, 0.4) is 0 Å². The summed E-state index contributed by atoms with van der Waals surface area (Å²) >= 11 is 12.0. The molecular weight excluding hydrogens is 544 g/mol. The van der Waals surface area contributed by atoms with Crippen molar-refractivity contribution in [3.8, 4) is 5.75 Å². The Hall–Kier alpha value is -2.49. The lowest BCUT2D eigenvalue weighted by Gasteiger charge is -2.51. The van der Waals surface area contributed by atoms with Crippen molar-refractivity contribution < 1.29 is 32.2 Å². The predicted octanol–water partition coefficient (Wildman–Crippen LogP) is 5.99. The smallest absolute Gasteiger partial charge is 0.490 e. The highest BCUT2D eigenvalue weighted by molar-refractivity contribution is 6.42. The second-order valence-corrected chi connectivity index (χ2v) is 10.5. The van der Waals surface area contributed by atoms with Gasteiger partial charge in [-0.1, -0.05) is 41.4 Å². The molecular formula is C27H29Cl2F3N2O4. The third-order valence-corrected chi connectivity index (χ3v) is 8.14. The van der Waals surface area contributed by atoms with Crippen molar-refractivity contribution in [1.29, 1.82) is 0 Å². The van der Waals surface area contributed by atoms with Crippen molar-refractivity contribution in [2.24, 2.45) is 5.41 Å². The fourth-order valence-electron chi connectivity index (χ4n) is 5.26. The number of likely N-dealkylation sites (tertiary alicyclic amines) is 2. The molecule has 2 aliphatic rings. The van der Waals surface area contributed by atoms with Gasteiger partial charge in [-0.15, -0.1) is 0 Å². The Bertz CT molecular complexity index is 1170. The summed E-state index contributed by atoms with van der Waals surface area (Å²) in [5.41, 5.74) is 0.636. The van der Waals surface area contributed by atoms with Crippen LogP contribution < -0.4 is 4.74 Å². The molecule has 0 aliphatic carbocycles. The molecule has 38 heavy (non-hydrogen) atoms. The van der Waals surface area contributed by atoms with Gasteiger partial charge in [-0.3, -0.25) is 9.69 Å². The van der Waals surface area contributed by atoms with E-state index in [9.17, 15) is 22.8 Å². The minimum atomic E-state index is -5.12. The Kier molecular flexibility index (Phi) is 8.79. The highest BCUT2D eigenvalue weighted by Gasteiger charge is 2.51. The van der Waals surface area contributed by atoms with Gasteiger partial charge in [-0.25, -0.2) is 4.79 Å². The predicted molar refractivity (Wildman–Crippen MR) is 137 cm³/mol. The molecule has 2 aromatic rings. The normalized spacial score (nSPS) is 19.8. The summed E-state index contributed by atoms with van der Waals surface area (Å²) in [6, 6.07) is 12.2. The Morgan fingerprint density at radius 1 is 1.03 bits per heavy atom. The molecule has 6 nitrogen and oxygen atoms in total. The first-order valence-electron chi connectivity index (χ1n) is 12.5. The van der Waals surface area contributed by atoms with Gasteiger partial charge in [0.05, 0.1) is 23.2 Å². The van der Waals surface area contributed by atoms with Crippen molar-refractivity contribution in [2.45, 2.75) is 45.0 Å². The van der Waals surface area contributed by atoms with Gasteiger partial charge in [0, 0.05) is 29.6 Å². The Morgan fingerprint density at radius 3 is 2.37 bits per heavy atom. The summed E-state index contributed by atoms with van der Waals surface area (Å²) < 4.78 is 50.3. The van der Waals surface area contributed by atoms with Crippen LogP contribution in [-0.4, -0.2) is 66.7 Å². The highest BCUT2D eigenvalue weighted by atomic mass is 35.5. The molecule has 2 heterocycles. The number of amides is 1. The molecule has 0 N–H and O–H groups in total. The van der Waals surface area contributed by atoms with Gasteiger partial charge in [0.25, 0.3) is 5.91 Å². The van der Waals surface area contributed by atoms with Crippen LogP contribution in [0.1, 0.15) is 42.1 Å². The zero-order valence-corrected chi connectivity index (χ0v) is 22.4. The number of halogens is 5. The van der Waals surface area contributed by atoms with E-state index in [2.05, 4.69) is 4.90 Å². The maximum absolute atomic E-state index is 13.2. The molecule has 4 rings (SSSR count). The molecule has 1 unspecified atom stereocenters. The average molecular weight is 573 g/mol. The lowest BCUT2D eigenvalue weighted by molar-refractivity contribution is -0.216. The lowest BCUT2D eigenvalue weighted by Crippen LogP contribution is -2.58. The van der Waals surface area contributed by atoms with Gasteiger partial charge >= 0.3 is 12.1 Å². The van der Waals surface area contributed by atoms with Crippen LogP contribution in [0.2, 0.25) is 10.0 Å². The van der Waals surface area contributed by atoms with Crippen molar-refractivity contribution >= 4 is 35.1 Å². The first-order valence-corrected chi connectivity index (χ1v) is 13.2. The second kappa shape index (κ2) is 11.7. The van der Waals surface area contributed by atoms with E-state index in [1.54, 1.807) is 0 Å². The van der Waals surface area contributed by atoms with Crippen LogP contribution in [0, 0.1) is 5.41 Å². The number of para-hydroxylation sites is 1. The monoisotopic (exact) mass is 572 g/mol. The average Bonchev–Trinajstić information content (AvgIpc) is 2.88. The van der Waals surface area contributed by atoms with E-state index in [0.717, 1.165) is 11.3 Å². The molecule has 2 aliphatic heterocycles. The van der Waals surface area contributed by atoms with Gasteiger partial charge in [-0.05, 0) is 63.5 Å². The van der Waals surface area contributed by atoms with Crippen LogP contribution in [-0.2, 0) is 16.1 Å². The molecule has 11 heteroatoms. The SMILES string of the molecule is CCOc1ccccc1CN1CCC2(CC1)CCN(C(=O)c1ccc(Cl)c(Cl)c1)CC2OC(=O)C(F)(F)F. The molecule has 0 aromatic heterocycles. The molecule has 1 atom stereocenters. The topological polar surface area (TPSA) is 59.1 Å². The maximum atomic E-state index is 13.2. The van der Waals surface area contributed by atoms with Crippen molar-refractivity contribution in [3.63, 3.8) is 0 Å². The minimum Gasteiger partial charge on any atom is -0.494 e. The number of carbonyl (C=O) groups excluding carboxylic acids is 2. The Labute approximate surface area is 229 Å². The largest absolute Gasteiger partial charge is 0.494 e. The number of rotatable bonds is 6.